The molecule has 0 aromatic heterocycles. The molecule has 22 heavy (non-hydrogen) atoms. The SMILES string of the molecule is CCC[C@@H](C)NC(=O)C[C@H](NS(C)(=O)=O)c1ccc(F)cc1. The number of hydrogen-bond acceptors (Lipinski definition) is 3. The number of carbonyl (C=O) groups excluding carboxylic acids is 1. The van der Waals surface area contributed by atoms with Crippen molar-refractivity contribution in [1.29, 1.82) is 0 Å². The van der Waals surface area contributed by atoms with Crippen molar-refractivity contribution in [3.8, 4) is 0 Å². The highest BCUT2D eigenvalue weighted by Gasteiger charge is 2.20. The minimum Gasteiger partial charge on any atom is -0.354 e. The van der Waals surface area contributed by atoms with Crippen LogP contribution < -0.4 is 10.0 Å². The van der Waals surface area contributed by atoms with E-state index in [4.69, 9.17) is 0 Å². The van der Waals surface area contributed by atoms with Crippen molar-refractivity contribution in [2.45, 2.75) is 45.2 Å². The Bertz CT molecular complexity index is 587. The molecule has 0 spiro atoms. The molecule has 0 aliphatic heterocycles. The number of hydrogen-bond donors (Lipinski definition) is 2. The number of sulfonamides is 1. The molecule has 0 radical (unpaired) electrons. The van der Waals surface area contributed by atoms with Gasteiger partial charge in [-0.3, -0.25) is 4.79 Å². The number of halogens is 1. The first-order valence-corrected chi connectivity index (χ1v) is 9.12. The van der Waals surface area contributed by atoms with Crippen molar-refractivity contribution in [3.05, 3.63) is 35.6 Å². The smallest absolute Gasteiger partial charge is 0.222 e. The van der Waals surface area contributed by atoms with E-state index in [0.29, 0.717) is 5.56 Å². The third kappa shape index (κ3) is 7.00. The molecular weight excluding hydrogens is 307 g/mol. The van der Waals surface area contributed by atoms with Gasteiger partial charge in [-0.2, -0.15) is 0 Å². The van der Waals surface area contributed by atoms with E-state index in [-0.39, 0.29) is 18.4 Å². The van der Waals surface area contributed by atoms with E-state index in [1.54, 1.807) is 0 Å². The molecule has 7 heteroatoms. The predicted octanol–water partition coefficient (Wildman–Crippen LogP) is 2.11. The van der Waals surface area contributed by atoms with Crippen molar-refractivity contribution in [2.24, 2.45) is 0 Å². The van der Waals surface area contributed by atoms with Crippen LogP contribution in [0.2, 0.25) is 0 Å². The van der Waals surface area contributed by atoms with Crippen LogP contribution in [0.25, 0.3) is 0 Å². The second-order valence-electron chi connectivity index (χ2n) is 5.46. The van der Waals surface area contributed by atoms with Crippen LogP contribution in [0.4, 0.5) is 4.39 Å². The zero-order valence-corrected chi connectivity index (χ0v) is 13.9. The van der Waals surface area contributed by atoms with Gasteiger partial charge in [0.1, 0.15) is 5.82 Å². The quantitative estimate of drug-likeness (QED) is 0.766. The van der Waals surface area contributed by atoms with Gasteiger partial charge in [-0.15, -0.1) is 0 Å². The lowest BCUT2D eigenvalue weighted by Crippen LogP contribution is -2.37. The highest BCUT2D eigenvalue weighted by atomic mass is 32.2. The molecule has 124 valence electrons. The minimum absolute atomic E-state index is 0.0320. The first-order valence-electron chi connectivity index (χ1n) is 7.23. The molecular formula is C15H23FN2O3S. The first kappa shape index (κ1) is 18.6. The van der Waals surface area contributed by atoms with Crippen molar-refractivity contribution in [3.63, 3.8) is 0 Å². The van der Waals surface area contributed by atoms with Crippen molar-refractivity contribution in [2.75, 3.05) is 6.26 Å². The summed E-state index contributed by atoms with van der Waals surface area (Å²) in [5, 5.41) is 2.83. The summed E-state index contributed by atoms with van der Waals surface area (Å²) >= 11 is 0. The number of nitrogens with one attached hydrogen (secondary N) is 2. The van der Waals surface area contributed by atoms with Gasteiger partial charge in [0.05, 0.1) is 12.3 Å². The van der Waals surface area contributed by atoms with Gasteiger partial charge in [0.25, 0.3) is 0 Å². The lowest BCUT2D eigenvalue weighted by Gasteiger charge is -2.19. The van der Waals surface area contributed by atoms with Crippen molar-refractivity contribution >= 4 is 15.9 Å². The summed E-state index contributed by atoms with van der Waals surface area (Å²) in [4.78, 5) is 12.0. The van der Waals surface area contributed by atoms with Crippen LogP contribution in [0.3, 0.4) is 0 Å². The lowest BCUT2D eigenvalue weighted by molar-refractivity contribution is -0.122. The second kappa shape index (κ2) is 8.24. The molecule has 5 nitrogen and oxygen atoms in total. The average molecular weight is 330 g/mol. The zero-order valence-electron chi connectivity index (χ0n) is 13.1. The largest absolute Gasteiger partial charge is 0.354 e. The maximum Gasteiger partial charge on any atom is 0.222 e. The molecule has 0 heterocycles. The van der Waals surface area contributed by atoms with Crippen LogP contribution in [0, 0.1) is 5.82 Å². The maximum absolute atomic E-state index is 13.0. The number of rotatable bonds is 8. The molecule has 0 unspecified atom stereocenters. The molecule has 0 saturated heterocycles. The van der Waals surface area contributed by atoms with Crippen molar-refractivity contribution in [1.82, 2.24) is 10.0 Å². The maximum atomic E-state index is 13.0. The fourth-order valence-electron chi connectivity index (χ4n) is 2.21. The van der Waals surface area contributed by atoms with Crippen LogP contribution in [-0.4, -0.2) is 26.6 Å². The summed E-state index contributed by atoms with van der Waals surface area (Å²) in [6, 6.07) is 4.74. The Kier molecular flexibility index (Phi) is 6.96. The van der Waals surface area contributed by atoms with E-state index >= 15 is 0 Å². The van der Waals surface area contributed by atoms with Gasteiger partial charge in [-0.05, 0) is 31.0 Å². The fourth-order valence-corrected chi connectivity index (χ4v) is 2.94. The summed E-state index contributed by atoms with van der Waals surface area (Å²) in [7, 11) is -3.49. The van der Waals surface area contributed by atoms with E-state index in [9.17, 15) is 17.6 Å². The predicted molar refractivity (Wildman–Crippen MR) is 84.3 cm³/mol. The number of benzene rings is 1. The van der Waals surface area contributed by atoms with Gasteiger partial charge >= 0.3 is 0 Å². The van der Waals surface area contributed by atoms with Gasteiger partial charge in [-0.1, -0.05) is 25.5 Å². The average Bonchev–Trinajstić information content (AvgIpc) is 2.37. The Labute approximate surface area is 131 Å². The summed E-state index contributed by atoms with van der Waals surface area (Å²) in [5.74, 6) is -0.658. The molecule has 1 amide bonds. The summed E-state index contributed by atoms with van der Waals surface area (Å²) in [6.07, 6.45) is 2.80. The highest BCUT2D eigenvalue weighted by molar-refractivity contribution is 7.88. The topological polar surface area (TPSA) is 75.3 Å². The number of carbonyl (C=O) groups is 1. The van der Waals surface area contributed by atoms with Gasteiger partial charge < -0.3 is 5.32 Å². The van der Waals surface area contributed by atoms with E-state index in [1.165, 1.54) is 24.3 Å². The Balaban J connectivity index is 2.82. The summed E-state index contributed by atoms with van der Waals surface area (Å²) in [6.45, 7) is 3.92. The molecule has 2 atom stereocenters. The second-order valence-corrected chi connectivity index (χ2v) is 7.24. The third-order valence-electron chi connectivity index (χ3n) is 3.15. The first-order chi connectivity index (χ1) is 10.2. The Hall–Kier alpha value is -1.47. The van der Waals surface area contributed by atoms with Gasteiger partial charge in [0.15, 0.2) is 0 Å². The van der Waals surface area contributed by atoms with Crippen LogP contribution in [0.15, 0.2) is 24.3 Å². The van der Waals surface area contributed by atoms with E-state index < -0.39 is 21.9 Å². The van der Waals surface area contributed by atoms with E-state index in [1.807, 2.05) is 13.8 Å². The monoisotopic (exact) mass is 330 g/mol. The Morgan fingerprint density at radius 1 is 1.27 bits per heavy atom. The molecule has 0 saturated carbocycles. The molecule has 1 aromatic rings. The molecule has 1 aromatic carbocycles. The van der Waals surface area contributed by atoms with Crippen LogP contribution in [0.1, 0.15) is 44.7 Å². The fraction of sp³-hybridized carbons (Fsp3) is 0.533. The van der Waals surface area contributed by atoms with Gasteiger partial charge in [0.2, 0.25) is 15.9 Å². The third-order valence-corrected chi connectivity index (χ3v) is 3.86. The normalized spacial score (nSPS) is 14.4. The molecule has 0 aliphatic rings. The summed E-state index contributed by atoms with van der Waals surface area (Å²) < 4.78 is 38.3. The van der Waals surface area contributed by atoms with E-state index in [2.05, 4.69) is 10.0 Å². The van der Waals surface area contributed by atoms with Crippen LogP contribution >= 0.6 is 0 Å². The Morgan fingerprint density at radius 3 is 2.36 bits per heavy atom. The molecule has 2 N–H and O–H groups in total. The van der Waals surface area contributed by atoms with Crippen LogP contribution in [-0.2, 0) is 14.8 Å². The van der Waals surface area contributed by atoms with Gasteiger partial charge in [-0.25, -0.2) is 17.5 Å². The standard InChI is InChI=1S/C15H23FN2O3S/c1-4-5-11(2)17-15(19)10-14(18-22(3,20)21)12-6-8-13(16)9-7-12/h6-9,11,14,18H,4-5,10H2,1-3H3,(H,17,19)/t11-,14+/m1/s1. The summed E-state index contributed by atoms with van der Waals surface area (Å²) in [5.41, 5.74) is 0.546. The highest BCUT2D eigenvalue weighted by Crippen LogP contribution is 2.18. The molecule has 0 bridgehead atoms. The molecule has 0 aliphatic carbocycles. The van der Waals surface area contributed by atoms with E-state index in [0.717, 1.165) is 19.1 Å². The Morgan fingerprint density at radius 2 is 1.86 bits per heavy atom. The van der Waals surface area contributed by atoms with Crippen molar-refractivity contribution < 1.29 is 17.6 Å². The zero-order chi connectivity index (χ0) is 16.8. The molecule has 0 fully saturated rings. The lowest BCUT2D eigenvalue weighted by atomic mass is 10.0. The number of amides is 1. The van der Waals surface area contributed by atoms with Gasteiger partial charge in [0, 0.05) is 12.5 Å². The molecule has 1 rings (SSSR count). The minimum atomic E-state index is -3.49. The van der Waals surface area contributed by atoms with Crippen LogP contribution in [0.5, 0.6) is 0 Å².